The quantitative estimate of drug-likeness (QED) is 0.0228. The number of esters is 3. The van der Waals surface area contributed by atoms with Gasteiger partial charge in [-0.15, -0.1) is 0 Å². The summed E-state index contributed by atoms with van der Waals surface area (Å²) < 4.78 is 28.3. The molecule has 0 aromatic carbocycles. The van der Waals surface area contributed by atoms with Crippen LogP contribution in [0.1, 0.15) is 265 Å². The van der Waals surface area contributed by atoms with E-state index in [-0.39, 0.29) is 25.9 Å². The lowest BCUT2D eigenvalue weighted by Gasteiger charge is -2.40. The second kappa shape index (κ2) is 44.7. The molecule has 0 amide bonds. The Balaban J connectivity index is 2.66. The lowest BCUT2D eigenvalue weighted by Crippen LogP contribution is -2.61. The van der Waals surface area contributed by atoms with E-state index >= 15 is 0 Å². The van der Waals surface area contributed by atoms with Crippen LogP contribution in [0.4, 0.5) is 0 Å². The third kappa shape index (κ3) is 35.3. The molecule has 1 heterocycles. The van der Waals surface area contributed by atoms with Crippen molar-refractivity contribution in [1.29, 1.82) is 0 Å². The summed E-state index contributed by atoms with van der Waals surface area (Å²) in [6, 6.07) is 0. The predicted molar refractivity (Wildman–Crippen MR) is 267 cm³/mol. The van der Waals surface area contributed by atoms with Crippen molar-refractivity contribution in [2.45, 2.75) is 302 Å². The van der Waals surface area contributed by atoms with E-state index in [1.807, 2.05) is 0 Å². The highest BCUT2D eigenvalue weighted by atomic mass is 16.7. The first kappa shape index (κ1) is 62.5. The number of carboxylic acid groups (broad SMARTS) is 1. The Labute approximate surface area is 407 Å². The minimum absolute atomic E-state index is 0.0654. The maximum Gasteiger partial charge on any atom is 0.335 e. The Morgan fingerprint density at radius 1 is 0.478 bits per heavy atom. The molecule has 6 unspecified atom stereocenters. The SMILES string of the molecule is CCCC/C=C\CCCCCCCC(=O)OC(COC(=O)CCCCCCCCCCCCCCCCCCC)COC1OC(C(=O)O)C(O)C(O)C1OC(=O)CCCCCCCCCCC. The van der Waals surface area contributed by atoms with E-state index < -0.39 is 67.3 Å². The van der Waals surface area contributed by atoms with Crippen molar-refractivity contribution in [1.82, 2.24) is 0 Å². The minimum Gasteiger partial charge on any atom is -0.479 e. The monoisotopic (exact) mass is 953 g/mol. The Morgan fingerprint density at radius 3 is 1.31 bits per heavy atom. The van der Waals surface area contributed by atoms with E-state index in [2.05, 4.69) is 32.9 Å². The number of carbonyl (C=O) groups is 4. The van der Waals surface area contributed by atoms with E-state index in [9.17, 15) is 34.5 Å². The molecule has 3 N–H and O–H groups in total. The smallest absolute Gasteiger partial charge is 0.335 e. The molecular formula is C55H100O12. The van der Waals surface area contributed by atoms with Gasteiger partial charge in [0.25, 0.3) is 0 Å². The molecule has 1 saturated heterocycles. The van der Waals surface area contributed by atoms with Gasteiger partial charge in [-0.2, -0.15) is 0 Å². The van der Waals surface area contributed by atoms with E-state index in [4.69, 9.17) is 23.7 Å². The molecule has 12 heteroatoms. The molecule has 0 aliphatic carbocycles. The number of aliphatic carboxylic acids is 1. The average Bonchev–Trinajstić information content (AvgIpc) is 3.31. The van der Waals surface area contributed by atoms with Gasteiger partial charge in [0, 0.05) is 19.3 Å². The van der Waals surface area contributed by atoms with Gasteiger partial charge in [-0.1, -0.05) is 219 Å². The molecule has 0 spiro atoms. The summed E-state index contributed by atoms with van der Waals surface area (Å²) in [6.07, 6.45) is 35.0. The first-order valence-corrected chi connectivity index (χ1v) is 27.7. The molecule has 1 aliphatic rings. The number of hydrogen-bond acceptors (Lipinski definition) is 11. The van der Waals surface area contributed by atoms with Crippen LogP contribution in [0.25, 0.3) is 0 Å². The maximum absolute atomic E-state index is 13.0. The molecule has 0 radical (unpaired) electrons. The van der Waals surface area contributed by atoms with Crippen LogP contribution in [-0.4, -0.2) is 89.2 Å². The van der Waals surface area contributed by atoms with Gasteiger partial charge in [-0.25, -0.2) is 4.79 Å². The largest absolute Gasteiger partial charge is 0.479 e. The molecule has 6 atom stereocenters. The zero-order valence-corrected chi connectivity index (χ0v) is 42.9. The normalized spacial score (nSPS) is 18.9. The highest BCUT2D eigenvalue weighted by molar-refractivity contribution is 5.74. The Bertz CT molecular complexity index is 1230. The standard InChI is InChI=1S/C55H100O12/c1-4-7-10-13-16-19-21-22-23-24-25-26-28-30-32-35-38-41-47(56)63-44-46(65-48(57)42-39-36-34-31-27-20-17-14-11-8-5-2)45-64-55-53(51(60)50(59)52(67-55)54(61)62)66-49(58)43-40-37-33-29-18-15-12-9-6-3/h14,17,46,50-53,55,59-60H,4-13,15-16,18-45H2,1-3H3,(H,61,62)/b17-14-. The molecule has 12 nitrogen and oxygen atoms in total. The molecule has 0 saturated carbocycles. The van der Waals surface area contributed by atoms with Crippen LogP contribution in [0, 0.1) is 0 Å². The molecule has 67 heavy (non-hydrogen) atoms. The van der Waals surface area contributed by atoms with Crippen molar-refractivity contribution in [3.63, 3.8) is 0 Å². The number of unbranched alkanes of at least 4 members (excludes halogenated alkanes) is 31. The zero-order chi connectivity index (χ0) is 49.0. The molecule has 1 aliphatic heterocycles. The van der Waals surface area contributed by atoms with Crippen LogP contribution < -0.4 is 0 Å². The van der Waals surface area contributed by atoms with Gasteiger partial charge >= 0.3 is 23.9 Å². The number of hydrogen-bond donors (Lipinski definition) is 3. The molecule has 0 aromatic heterocycles. The van der Waals surface area contributed by atoms with Crippen molar-refractivity contribution in [3.8, 4) is 0 Å². The van der Waals surface area contributed by atoms with Crippen molar-refractivity contribution in [2.24, 2.45) is 0 Å². The van der Waals surface area contributed by atoms with Gasteiger partial charge in [0.1, 0.15) is 18.8 Å². The van der Waals surface area contributed by atoms with Crippen LogP contribution in [-0.2, 0) is 42.9 Å². The summed E-state index contributed by atoms with van der Waals surface area (Å²) in [7, 11) is 0. The van der Waals surface area contributed by atoms with E-state index in [1.165, 1.54) is 122 Å². The number of aliphatic hydroxyl groups excluding tert-OH is 2. The van der Waals surface area contributed by atoms with Crippen LogP contribution in [0.2, 0.25) is 0 Å². The van der Waals surface area contributed by atoms with Gasteiger partial charge < -0.3 is 39.0 Å². The Kier molecular flexibility index (Phi) is 41.6. The molecule has 1 rings (SSSR count). The van der Waals surface area contributed by atoms with Crippen molar-refractivity contribution < 1.29 is 58.2 Å². The summed E-state index contributed by atoms with van der Waals surface area (Å²) in [4.78, 5) is 50.8. The van der Waals surface area contributed by atoms with Crippen LogP contribution in [0.5, 0.6) is 0 Å². The van der Waals surface area contributed by atoms with Crippen LogP contribution in [0.15, 0.2) is 12.2 Å². The summed E-state index contributed by atoms with van der Waals surface area (Å²) in [5.74, 6) is -3.10. The van der Waals surface area contributed by atoms with Crippen LogP contribution in [0.3, 0.4) is 0 Å². The highest BCUT2D eigenvalue weighted by Crippen LogP contribution is 2.26. The average molecular weight is 953 g/mol. The summed E-state index contributed by atoms with van der Waals surface area (Å²) in [5.41, 5.74) is 0. The predicted octanol–water partition coefficient (Wildman–Crippen LogP) is 13.3. The third-order valence-electron chi connectivity index (χ3n) is 12.8. The second-order valence-corrected chi connectivity index (χ2v) is 19.2. The molecule has 0 bridgehead atoms. The molecular weight excluding hydrogens is 853 g/mol. The van der Waals surface area contributed by atoms with Crippen LogP contribution >= 0.6 is 0 Å². The topological polar surface area (TPSA) is 175 Å². The first-order chi connectivity index (χ1) is 32.6. The first-order valence-electron chi connectivity index (χ1n) is 27.7. The second-order valence-electron chi connectivity index (χ2n) is 19.2. The Morgan fingerprint density at radius 2 is 0.866 bits per heavy atom. The van der Waals surface area contributed by atoms with Gasteiger partial charge in [-0.3, -0.25) is 14.4 Å². The highest BCUT2D eigenvalue weighted by Gasteiger charge is 2.50. The summed E-state index contributed by atoms with van der Waals surface area (Å²) >= 11 is 0. The summed E-state index contributed by atoms with van der Waals surface area (Å²) in [5, 5.41) is 31.3. The lowest BCUT2D eigenvalue weighted by molar-refractivity contribution is -0.301. The number of carbonyl (C=O) groups excluding carboxylic acids is 3. The number of allylic oxidation sites excluding steroid dienone is 2. The number of rotatable bonds is 47. The van der Waals surface area contributed by atoms with Gasteiger partial charge in [-0.05, 0) is 38.5 Å². The molecule has 1 fully saturated rings. The van der Waals surface area contributed by atoms with E-state index in [0.29, 0.717) is 19.3 Å². The van der Waals surface area contributed by atoms with E-state index in [1.54, 1.807) is 0 Å². The van der Waals surface area contributed by atoms with Gasteiger partial charge in [0.15, 0.2) is 24.6 Å². The fourth-order valence-electron chi connectivity index (χ4n) is 8.53. The summed E-state index contributed by atoms with van der Waals surface area (Å²) in [6.45, 7) is 5.92. The number of aliphatic hydroxyl groups is 2. The fraction of sp³-hybridized carbons (Fsp3) is 0.891. The van der Waals surface area contributed by atoms with Gasteiger partial charge in [0.2, 0.25) is 0 Å². The van der Waals surface area contributed by atoms with Crippen molar-refractivity contribution >= 4 is 23.9 Å². The number of ether oxygens (including phenoxy) is 5. The van der Waals surface area contributed by atoms with Crippen molar-refractivity contribution in [2.75, 3.05) is 13.2 Å². The van der Waals surface area contributed by atoms with Gasteiger partial charge in [0.05, 0.1) is 6.61 Å². The Hall–Kier alpha value is -2.54. The fourth-order valence-corrected chi connectivity index (χ4v) is 8.53. The number of carboxylic acids is 1. The maximum atomic E-state index is 13.0. The lowest BCUT2D eigenvalue weighted by atomic mass is 9.98. The minimum atomic E-state index is -1.89. The van der Waals surface area contributed by atoms with Crippen molar-refractivity contribution in [3.05, 3.63) is 12.2 Å². The zero-order valence-electron chi connectivity index (χ0n) is 42.9. The molecule has 0 aromatic rings. The molecule has 392 valence electrons. The van der Waals surface area contributed by atoms with E-state index in [0.717, 1.165) is 83.5 Å². The third-order valence-corrected chi connectivity index (χ3v) is 12.8.